The van der Waals surface area contributed by atoms with Crippen molar-refractivity contribution in [2.75, 3.05) is 42.7 Å². The molecule has 0 saturated carbocycles. The molecule has 1 aliphatic rings. The number of nitrogens with one attached hydrogen (secondary N) is 1. The molecule has 3 heterocycles. The molecule has 0 spiro atoms. The maximum atomic E-state index is 12.1. The van der Waals surface area contributed by atoms with Crippen molar-refractivity contribution in [1.29, 1.82) is 0 Å². The number of nitrogens with two attached hydrogens (primary N) is 2. The molecule has 26 heavy (non-hydrogen) atoms. The Morgan fingerprint density at radius 1 is 1.27 bits per heavy atom. The van der Waals surface area contributed by atoms with E-state index in [0.29, 0.717) is 37.0 Å². The van der Waals surface area contributed by atoms with E-state index in [9.17, 15) is 4.79 Å². The van der Waals surface area contributed by atoms with Gasteiger partial charge in [0.25, 0.3) is 5.91 Å². The highest BCUT2D eigenvalue weighted by Crippen LogP contribution is 2.25. The van der Waals surface area contributed by atoms with E-state index in [1.165, 1.54) is 0 Å². The first-order valence-electron chi connectivity index (χ1n) is 8.53. The molecule has 9 nitrogen and oxygen atoms in total. The van der Waals surface area contributed by atoms with Crippen LogP contribution < -0.4 is 21.7 Å². The van der Waals surface area contributed by atoms with E-state index in [4.69, 9.17) is 16.2 Å². The van der Waals surface area contributed by atoms with E-state index in [1.54, 1.807) is 18.2 Å². The normalized spacial score (nSPS) is 17.2. The molecular weight excluding hydrogens is 334 g/mol. The topological polar surface area (TPSA) is 132 Å². The van der Waals surface area contributed by atoms with Crippen LogP contribution in [-0.2, 0) is 4.74 Å². The summed E-state index contributed by atoms with van der Waals surface area (Å²) in [6.45, 7) is 6.38. The lowest BCUT2D eigenvalue weighted by molar-refractivity contribution is 0.0951. The van der Waals surface area contributed by atoms with Gasteiger partial charge < -0.3 is 26.4 Å². The Morgan fingerprint density at radius 2 is 2.04 bits per heavy atom. The summed E-state index contributed by atoms with van der Waals surface area (Å²) in [7, 11) is 0. The van der Waals surface area contributed by atoms with Crippen LogP contribution in [0.1, 0.15) is 24.3 Å². The summed E-state index contributed by atoms with van der Waals surface area (Å²) in [5, 5.41) is 2.70. The Morgan fingerprint density at radius 3 is 2.77 bits per heavy atom. The monoisotopic (exact) mass is 357 g/mol. The number of nitrogens with zero attached hydrogens (tertiary/aromatic N) is 4. The molecule has 0 aliphatic carbocycles. The number of hydrogen-bond acceptors (Lipinski definition) is 8. The number of aromatic nitrogens is 3. The Balaban J connectivity index is 2.00. The zero-order valence-corrected chi connectivity index (χ0v) is 14.9. The van der Waals surface area contributed by atoms with Crippen molar-refractivity contribution >= 4 is 23.4 Å². The number of morpholine rings is 1. The first-order valence-corrected chi connectivity index (χ1v) is 8.53. The second kappa shape index (κ2) is 7.52. The van der Waals surface area contributed by atoms with Gasteiger partial charge in [0.2, 0.25) is 0 Å². The third-order valence-corrected chi connectivity index (χ3v) is 4.07. The maximum absolute atomic E-state index is 12.1. The van der Waals surface area contributed by atoms with Gasteiger partial charge in [0.05, 0.1) is 19.3 Å². The summed E-state index contributed by atoms with van der Waals surface area (Å²) in [6, 6.07) is 5.16. The van der Waals surface area contributed by atoms with Gasteiger partial charge in [-0.05, 0) is 26.0 Å². The molecule has 138 valence electrons. The van der Waals surface area contributed by atoms with E-state index < -0.39 is 0 Å². The van der Waals surface area contributed by atoms with Crippen LogP contribution in [0.4, 0.5) is 17.5 Å². The van der Waals surface area contributed by atoms with Gasteiger partial charge in [-0.2, -0.15) is 0 Å². The minimum Gasteiger partial charge on any atom is -0.384 e. The molecule has 0 bridgehead atoms. The average Bonchev–Trinajstić information content (AvgIpc) is 2.61. The number of rotatable bonds is 4. The van der Waals surface area contributed by atoms with Gasteiger partial charge in [0.15, 0.2) is 5.82 Å². The largest absolute Gasteiger partial charge is 0.384 e. The molecule has 1 saturated heterocycles. The van der Waals surface area contributed by atoms with Crippen molar-refractivity contribution in [2.24, 2.45) is 0 Å². The predicted molar refractivity (Wildman–Crippen MR) is 99.7 cm³/mol. The van der Waals surface area contributed by atoms with Gasteiger partial charge in [-0.15, -0.1) is 0 Å². The fourth-order valence-electron chi connectivity index (χ4n) is 2.84. The molecule has 1 atom stereocenters. The molecule has 2 aromatic heterocycles. The minimum atomic E-state index is -0.299. The third kappa shape index (κ3) is 3.83. The summed E-state index contributed by atoms with van der Waals surface area (Å²) in [6.07, 6.45) is 0. The van der Waals surface area contributed by atoms with Crippen molar-refractivity contribution in [1.82, 2.24) is 20.3 Å². The Labute approximate surface area is 151 Å². The number of amides is 1. The van der Waals surface area contributed by atoms with Crippen molar-refractivity contribution < 1.29 is 9.53 Å². The van der Waals surface area contributed by atoms with Crippen LogP contribution in [0.5, 0.6) is 0 Å². The quantitative estimate of drug-likeness (QED) is 0.727. The summed E-state index contributed by atoms with van der Waals surface area (Å²) < 4.78 is 5.47. The molecule has 3 rings (SSSR count). The number of carbonyl (C=O) groups excluding carboxylic acids is 1. The summed E-state index contributed by atoms with van der Waals surface area (Å²) in [5.74, 6) is 1.39. The van der Waals surface area contributed by atoms with Crippen molar-refractivity contribution in [2.45, 2.75) is 19.9 Å². The van der Waals surface area contributed by atoms with Crippen LogP contribution in [0.2, 0.25) is 0 Å². The molecule has 0 aromatic carbocycles. The average molecular weight is 357 g/mol. The van der Waals surface area contributed by atoms with Crippen LogP contribution in [0.25, 0.3) is 11.4 Å². The van der Waals surface area contributed by atoms with E-state index >= 15 is 0 Å². The number of hydrogen-bond donors (Lipinski definition) is 3. The molecule has 5 N–H and O–H groups in total. The Bertz CT molecular complexity index is 812. The van der Waals surface area contributed by atoms with Gasteiger partial charge in [-0.3, -0.25) is 4.79 Å². The second-order valence-electron chi connectivity index (χ2n) is 6.12. The van der Waals surface area contributed by atoms with Gasteiger partial charge >= 0.3 is 0 Å². The standard InChI is InChI=1S/C17H23N7O2/c1-3-20-17(25)12-6-11(7-13(18)21-12)16-22-14(19)8-15(23-16)24-4-5-26-9-10(24)2/h6-8,10H,3-5,9H2,1-2H3,(H2,18,21)(H,20,25)(H2,19,22,23). The number of ether oxygens (including phenoxy) is 1. The van der Waals surface area contributed by atoms with Crippen molar-refractivity contribution in [3.63, 3.8) is 0 Å². The molecular formula is C17H23N7O2. The number of nitrogen functional groups attached to an aromatic ring is 2. The van der Waals surface area contributed by atoms with E-state index in [1.807, 2.05) is 6.92 Å². The van der Waals surface area contributed by atoms with Crippen LogP contribution in [-0.4, -0.2) is 53.2 Å². The molecule has 1 aliphatic heterocycles. The highest BCUT2D eigenvalue weighted by atomic mass is 16.5. The fraction of sp³-hybridized carbons (Fsp3) is 0.412. The molecule has 0 radical (unpaired) electrons. The highest BCUT2D eigenvalue weighted by molar-refractivity contribution is 5.93. The van der Waals surface area contributed by atoms with Gasteiger partial charge in [-0.1, -0.05) is 0 Å². The van der Waals surface area contributed by atoms with E-state index in [0.717, 1.165) is 12.4 Å². The first-order chi connectivity index (χ1) is 12.5. The molecule has 9 heteroatoms. The molecule has 1 amide bonds. The number of carbonyl (C=O) groups is 1. The zero-order valence-electron chi connectivity index (χ0n) is 14.9. The van der Waals surface area contributed by atoms with Crippen LogP contribution in [0.15, 0.2) is 18.2 Å². The smallest absolute Gasteiger partial charge is 0.269 e. The summed E-state index contributed by atoms with van der Waals surface area (Å²) in [4.78, 5) is 27.2. The minimum absolute atomic E-state index is 0.180. The lowest BCUT2D eigenvalue weighted by Crippen LogP contribution is -2.44. The zero-order chi connectivity index (χ0) is 18.7. The SMILES string of the molecule is CCNC(=O)c1cc(-c2nc(N)cc(N3CCOCC3C)n2)cc(N)n1. The first kappa shape index (κ1) is 17.9. The number of anilines is 3. The second-order valence-corrected chi connectivity index (χ2v) is 6.12. The van der Waals surface area contributed by atoms with Crippen LogP contribution >= 0.6 is 0 Å². The Kier molecular flexibility index (Phi) is 5.17. The van der Waals surface area contributed by atoms with Crippen molar-refractivity contribution in [3.8, 4) is 11.4 Å². The predicted octanol–water partition coefficient (Wildman–Crippen LogP) is 0.678. The van der Waals surface area contributed by atoms with E-state index in [2.05, 4.69) is 32.1 Å². The Hall–Kier alpha value is -2.94. The molecule has 2 aromatic rings. The van der Waals surface area contributed by atoms with Gasteiger partial charge in [0.1, 0.15) is 23.1 Å². The van der Waals surface area contributed by atoms with Gasteiger partial charge in [-0.25, -0.2) is 15.0 Å². The third-order valence-electron chi connectivity index (χ3n) is 4.07. The van der Waals surface area contributed by atoms with Crippen LogP contribution in [0, 0.1) is 0 Å². The molecule has 1 unspecified atom stereocenters. The maximum Gasteiger partial charge on any atom is 0.269 e. The van der Waals surface area contributed by atoms with Crippen LogP contribution in [0.3, 0.4) is 0 Å². The van der Waals surface area contributed by atoms with Crippen molar-refractivity contribution in [3.05, 3.63) is 23.9 Å². The summed E-state index contributed by atoms with van der Waals surface area (Å²) in [5.41, 5.74) is 12.7. The summed E-state index contributed by atoms with van der Waals surface area (Å²) >= 11 is 0. The fourth-order valence-corrected chi connectivity index (χ4v) is 2.84. The lowest BCUT2D eigenvalue weighted by atomic mass is 10.2. The number of pyridine rings is 1. The molecule has 1 fully saturated rings. The lowest BCUT2D eigenvalue weighted by Gasteiger charge is -2.34. The van der Waals surface area contributed by atoms with Gasteiger partial charge in [0, 0.05) is 24.7 Å². The van der Waals surface area contributed by atoms with E-state index in [-0.39, 0.29) is 23.5 Å². The highest BCUT2D eigenvalue weighted by Gasteiger charge is 2.22.